The number of carboxylic acid groups (broad SMARTS) is 1. The normalized spacial score (nSPS) is 16.1. The summed E-state index contributed by atoms with van der Waals surface area (Å²) in [5, 5.41) is 11.9. The fourth-order valence-corrected chi connectivity index (χ4v) is 3.54. The number of thioether (sulfide) groups is 1. The number of nitrogens with zero attached hydrogens (tertiary/aromatic N) is 1. The molecule has 0 spiro atoms. The van der Waals surface area contributed by atoms with Gasteiger partial charge >= 0.3 is 5.97 Å². The molecule has 0 unspecified atom stereocenters. The van der Waals surface area contributed by atoms with Crippen LogP contribution < -0.4 is 5.32 Å². The summed E-state index contributed by atoms with van der Waals surface area (Å²) in [4.78, 5) is 39.8. The molecule has 8 heteroatoms. The maximum atomic E-state index is 12.2. The van der Waals surface area contributed by atoms with Crippen molar-refractivity contribution >= 4 is 40.8 Å². The number of benzene rings is 2. The van der Waals surface area contributed by atoms with Gasteiger partial charge in [-0.2, -0.15) is 4.99 Å². The van der Waals surface area contributed by atoms with Gasteiger partial charge in [-0.3, -0.25) is 9.59 Å². The Morgan fingerprint density at radius 3 is 2.53 bits per heavy atom. The molecule has 148 valence electrons. The molecule has 2 aromatic carbocycles. The van der Waals surface area contributed by atoms with Gasteiger partial charge in [-0.1, -0.05) is 30.3 Å². The van der Waals surface area contributed by atoms with Crippen LogP contribution in [0.4, 0.5) is 0 Å². The van der Waals surface area contributed by atoms with E-state index in [-0.39, 0.29) is 16.6 Å². The number of hydrogen-bond donors (Lipinski definition) is 2. The Labute approximate surface area is 175 Å². The fraction of sp³-hybridized carbons (Fsp3) is 0. The average Bonchev–Trinajstić information content (AvgIpc) is 3.35. The van der Waals surface area contributed by atoms with Crippen molar-refractivity contribution in [3.63, 3.8) is 0 Å². The second-order valence-corrected chi connectivity index (χ2v) is 7.27. The number of amidine groups is 1. The van der Waals surface area contributed by atoms with Crippen LogP contribution in [0.5, 0.6) is 0 Å². The lowest BCUT2D eigenvalue weighted by Crippen LogP contribution is -2.20. The monoisotopic (exact) mass is 418 g/mol. The molecule has 2 amide bonds. The zero-order chi connectivity index (χ0) is 21.1. The van der Waals surface area contributed by atoms with Crippen molar-refractivity contribution in [1.82, 2.24) is 5.32 Å². The third-order valence-corrected chi connectivity index (χ3v) is 5.08. The van der Waals surface area contributed by atoms with Crippen molar-refractivity contribution in [2.45, 2.75) is 0 Å². The lowest BCUT2D eigenvalue weighted by atomic mass is 10.1. The number of rotatable bonds is 4. The largest absolute Gasteiger partial charge is 0.478 e. The first-order valence-corrected chi connectivity index (χ1v) is 9.64. The van der Waals surface area contributed by atoms with Gasteiger partial charge in [0.1, 0.15) is 11.5 Å². The maximum absolute atomic E-state index is 12.2. The van der Waals surface area contributed by atoms with Crippen molar-refractivity contribution in [2.24, 2.45) is 4.99 Å². The summed E-state index contributed by atoms with van der Waals surface area (Å²) < 4.78 is 5.73. The first-order valence-electron chi connectivity index (χ1n) is 8.82. The Morgan fingerprint density at radius 1 is 1.00 bits per heavy atom. The minimum atomic E-state index is -1.03. The topological polar surface area (TPSA) is 109 Å². The molecule has 2 heterocycles. The number of hydrogen-bond acceptors (Lipinski definition) is 5. The molecule has 1 aromatic heterocycles. The first-order chi connectivity index (χ1) is 14.5. The average molecular weight is 418 g/mol. The number of aromatic carboxylic acids is 1. The van der Waals surface area contributed by atoms with Gasteiger partial charge in [0.25, 0.3) is 11.8 Å². The summed E-state index contributed by atoms with van der Waals surface area (Å²) in [5.41, 5.74) is 1.19. The van der Waals surface area contributed by atoms with Crippen LogP contribution in [0.25, 0.3) is 17.4 Å². The van der Waals surface area contributed by atoms with Gasteiger partial charge in [0.2, 0.25) is 0 Å². The summed E-state index contributed by atoms with van der Waals surface area (Å²) in [6, 6.07) is 18.3. The Morgan fingerprint density at radius 2 is 1.77 bits per heavy atom. The van der Waals surface area contributed by atoms with Crippen LogP contribution in [0, 0.1) is 0 Å². The highest BCUT2D eigenvalue weighted by Gasteiger charge is 2.25. The summed E-state index contributed by atoms with van der Waals surface area (Å²) in [6.45, 7) is 0. The van der Waals surface area contributed by atoms with Crippen LogP contribution in [-0.2, 0) is 4.79 Å². The van der Waals surface area contributed by atoms with E-state index in [1.807, 2.05) is 0 Å². The van der Waals surface area contributed by atoms with Crippen LogP contribution in [0.1, 0.15) is 26.5 Å². The van der Waals surface area contributed by atoms with Crippen molar-refractivity contribution in [1.29, 1.82) is 0 Å². The molecule has 30 heavy (non-hydrogen) atoms. The Balaban J connectivity index is 1.53. The highest BCUT2D eigenvalue weighted by Crippen LogP contribution is 2.29. The van der Waals surface area contributed by atoms with Gasteiger partial charge < -0.3 is 14.8 Å². The Hall–Kier alpha value is -3.91. The van der Waals surface area contributed by atoms with Gasteiger partial charge in [0, 0.05) is 17.2 Å². The molecule has 7 nitrogen and oxygen atoms in total. The first kappa shape index (κ1) is 19.4. The van der Waals surface area contributed by atoms with E-state index in [0.717, 1.165) is 11.8 Å². The molecule has 1 aliphatic heterocycles. The lowest BCUT2D eigenvalue weighted by Gasteiger charge is -1.99. The molecule has 0 saturated carbocycles. The summed E-state index contributed by atoms with van der Waals surface area (Å²) in [6.07, 6.45) is 1.54. The highest BCUT2D eigenvalue weighted by molar-refractivity contribution is 8.18. The number of furan rings is 1. The summed E-state index contributed by atoms with van der Waals surface area (Å²) in [5.74, 6) is -0.967. The molecule has 1 aliphatic rings. The molecule has 2 N–H and O–H groups in total. The summed E-state index contributed by atoms with van der Waals surface area (Å²) >= 11 is 1.04. The van der Waals surface area contributed by atoms with E-state index in [2.05, 4.69) is 10.3 Å². The third kappa shape index (κ3) is 4.23. The number of carboxylic acids is 1. The van der Waals surface area contributed by atoms with Crippen LogP contribution in [0.15, 0.2) is 81.0 Å². The smallest absolute Gasteiger partial charge is 0.335 e. The summed E-state index contributed by atoms with van der Waals surface area (Å²) in [7, 11) is 0. The lowest BCUT2D eigenvalue weighted by molar-refractivity contribution is -0.115. The molecule has 0 atom stereocenters. The molecule has 3 aromatic rings. The molecule has 1 saturated heterocycles. The van der Waals surface area contributed by atoms with Crippen molar-refractivity contribution in [3.8, 4) is 11.3 Å². The van der Waals surface area contributed by atoms with E-state index in [0.29, 0.717) is 27.6 Å². The van der Waals surface area contributed by atoms with Gasteiger partial charge in [0.15, 0.2) is 5.17 Å². The van der Waals surface area contributed by atoms with Crippen LogP contribution in [0.3, 0.4) is 0 Å². The van der Waals surface area contributed by atoms with Crippen molar-refractivity contribution < 1.29 is 23.9 Å². The van der Waals surface area contributed by atoms with E-state index in [1.54, 1.807) is 60.7 Å². The van der Waals surface area contributed by atoms with E-state index in [9.17, 15) is 14.4 Å². The number of aliphatic imine (C=N–C) groups is 1. The second kappa shape index (κ2) is 8.22. The fourth-order valence-electron chi connectivity index (χ4n) is 2.74. The molecular formula is C22H14N2O5S. The van der Waals surface area contributed by atoms with E-state index in [4.69, 9.17) is 9.52 Å². The van der Waals surface area contributed by atoms with E-state index < -0.39 is 11.9 Å². The Kier molecular flexibility index (Phi) is 5.32. The number of carbonyl (C=O) groups excluding carboxylic acids is 2. The molecule has 0 aliphatic carbocycles. The standard InChI is InChI=1S/C22H14N2O5S/c25-19(13-5-2-1-3-6-13)23-22-24-20(26)18(30-22)12-16-9-10-17(29-16)14-7-4-8-15(11-14)21(27)28/h1-12H,(H,27,28)(H,23,24,25,26)/b18-12-. The SMILES string of the molecule is O=C1NC(=NC(=O)c2ccccc2)S/C1=C\c1ccc(-c2cccc(C(=O)O)c2)o1. The minimum absolute atomic E-state index is 0.151. The molecule has 4 rings (SSSR count). The molecule has 0 radical (unpaired) electrons. The third-order valence-electron chi connectivity index (χ3n) is 4.17. The van der Waals surface area contributed by atoms with E-state index >= 15 is 0 Å². The van der Waals surface area contributed by atoms with E-state index in [1.165, 1.54) is 12.1 Å². The Bertz CT molecular complexity index is 1210. The predicted molar refractivity (Wildman–Crippen MR) is 113 cm³/mol. The number of carbonyl (C=O) groups is 3. The quantitative estimate of drug-likeness (QED) is 0.619. The van der Waals surface area contributed by atoms with Gasteiger partial charge in [-0.15, -0.1) is 0 Å². The maximum Gasteiger partial charge on any atom is 0.335 e. The zero-order valence-electron chi connectivity index (χ0n) is 15.4. The zero-order valence-corrected chi connectivity index (χ0v) is 16.2. The molecule has 0 bridgehead atoms. The molecule has 1 fully saturated rings. The van der Waals surface area contributed by atoms with Gasteiger partial charge in [0.05, 0.1) is 10.5 Å². The van der Waals surface area contributed by atoms with Gasteiger partial charge in [-0.05, 0) is 48.2 Å². The van der Waals surface area contributed by atoms with Crippen LogP contribution in [-0.4, -0.2) is 28.1 Å². The molecular weight excluding hydrogens is 404 g/mol. The van der Waals surface area contributed by atoms with Crippen LogP contribution in [0.2, 0.25) is 0 Å². The van der Waals surface area contributed by atoms with Gasteiger partial charge in [-0.25, -0.2) is 4.79 Å². The number of amides is 2. The van der Waals surface area contributed by atoms with Crippen molar-refractivity contribution in [2.75, 3.05) is 0 Å². The van der Waals surface area contributed by atoms with Crippen LogP contribution >= 0.6 is 11.8 Å². The number of nitrogens with one attached hydrogen (secondary N) is 1. The predicted octanol–water partition coefficient (Wildman–Crippen LogP) is 4.05. The highest BCUT2D eigenvalue weighted by atomic mass is 32.2. The second-order valence-electron chi connectivity index (χ2n) is 6.24. The van der Waals surface area contributed by atoms with Crippen molar-refractivity contribution in [3.05, 3.63) is 88.5 Å². The minimum Gasteiger partial charge on any atom is -0.478 e.